The highest BCUT2D eigenvalue weighted by Crippen LogP contribution is 2.09. The van der Waals surface area contributed by atoms with Crippen LogP contribution in [0.15, 0.2) is 17.5 Å². The van der Waals surface area contributed by atoms with E-state index in [2.05, 4.69) is 0 Å². The number of rotatable bonds is 2. The van der Waals surface area contributed by atoms with Crippen LogP contribution in [0.4, 0.5) is 0 Å². The van der Waals surface area contributed by atoms with E-state index in [1.165, 1.54) is 11.3 Å². The summed E-state index contributed by atoms with van der Waals surface area (Å²) in [5.74, 6) is -0.225. The van der Waals surface area contributed by atoms with Gasteiger partial charge in [0.25, 0.3) is 0 Å². The Morgan fingerprint density at radius 2 is 2.45 bits per heavy atom. The first-order valence-electron chi connectivity index (χ1n) is 3.05. The van der Waals surface area contributed by atoms with Gasteiger partial charge >= 0.3 is 5.97 Å². The van der Waals surface area contributed by atoms with Crippen molar-refractivity contribution in [3.63, 3.8) is 0 Å². The number of thiophene rings is 1. The van der Waals surface area contributed by atoms with Gasteiger partial charge in [0.1, 0.15) is 4.88 Å². The highest BCUT2D eigenvalue weighted by molar-refractivity contribution is 7.11. The van der Waals surface area contributed by atoms with E-state index in [1.54, 1.807) is 13.0 Å². The highest BCUT2D eigenvalue weighted by Gasteiger charge is 2.04. The Bertz CT molecular complexity index is 208. The predicted molar refractivity (Wildman–Crippen MR) is 47.5 cm³/mol. The standard InChI is InChI=1S/C7H8O2S.ClH/c1-2-9-7(8)6-4-3-5-10-6;/h3-5H,2H2,1H3;1H. The third-order valence-corrected chi connectivity index (χ3v) is 1.85. The molecule has 0 N–H and O–H groups in total. The Hall–Kier alpha value is -0.540. The molecule has 0 spiro atoms. The summed E-state index contributed by atoms with van der Waals surface area (Å²) in [6.07, 6.45) is 0. The molecule has 0 bridgehead atoms. The van der Waals surface area contributed by atoms with Gasteiger partial charge in [0.2, 0.25) is 0 Å². The summed E-state index contributed by atoms with van der Waals surface area (Å²) >= 11 is 1.40. The van der Waals surface area contributed by atoms with Crippen LogP contribution in [0.1, 0.15) is 16.6 Å². The predicted octanol–water partition coefficient (Wildman–Crippen LogP) is 2.35. The number of carbonyl (C=O) groups excluding carboxylic acids is 1. The molecule has 0 aliphatic carbocycles. The summed E-state index contributed by atoms with van der Waals surface area (Å²) in [7, 11) is 0. The van der Waals surface area contributed by atoms with Crippen molar-refractivity contribution >= 4 is 29.7 Å². The number of halogens is 1. The molecular formula is C7H9ClO2S. The summed E-state index contributed by atoms with van der Waals surface area (Å²) in [6.45, 7) is 2.24. The van der Waals surface area contributed by atoms with E-state index in [0.717, 1.165) is 0 Å². The van der Waals surface area contributed by atoms with Crippen LogP contribution in [0.3, 0.4) is 0 Å². The molecule has 0 aromatic carbocycles. The highest BCUT2D eigenvalue weighted by atomic mass is 35.5. The van der Waals surface area contributed by atoms with Gasteiger partial charge in [-0.15, -0.1) is 23.7 Å². The quantitative estimate of drug-likeness (QED) is 0.673. The normalized spacial score (nSPS) is 8.45. The van der Waals surface area contributed by atoms with Gasteiger partial charge in [0, 0.05) is 0 Å². The second-order valence-corrected chi connectivity index (χ2v) is 2.65. The zero-order valence-corrected chi connectivity index (χ0v) is 7.71. The topological polar surface area (TPSA) is 26.3 Å². The van der Waals surface area contributed by atoms with E-state index < -0.39 is 0 Å². The molecular weight excluding hydrogens is 184 g/mol. The van der Waals surface area contributed by atoms with Crippen molar-refractivity contribution in [2.75, 3.05) is 6.61 Å². The minimum absolute atomic E-state index is 0. The smallest absolute Gasteiger partial charge is 0.348 e. The molecule has 0 saturated heterocycles. The minimum Gasteiger partial charge on any atom is -0.462 e. The first kappa shape index (κ1) is 10.5. The van der Waals surface area contributed by atoms with Gasteiger partial charge < -0.3 is 4.74 Å². The van der Waals surface area contributed by atoms with Crippen LogP contribution in [-0.4, -0.2) is 12.6 Å². The van der Waals surface area contributed by atoms with Crippen LogP contribution in [0.5, 0.6) is 0 Å². The molecule has 1 heterocycles. The van der Waals surface area contributed by atoms with Gasteiger partial charge in [-0.05, 0) is 18.4 Å². The molecule has 0 amide bonds. The van der Waals surface area contributed by atoms with Crippen LogP contribution in [0.2, 0.25) is 0 Å². The van der Waals surface area contributed by atoms with Crippen LogP contribution in [-0.2, 0) is 4.74 Å². The van der Waals surface area contributed by atoms with Crippen molar-refractivity contribution in [2.24, 2.45) is 0 Å². The van der Waals surface area contributed by atoms with E-state index in [9.17, 15) is 4.79 Å². The van der Waals surface area contributed by atoms with E-state index >= 15 is 0 Å². The maximum atomic E-state index is 10.9. The number of hydrogen-bond donors (Lipinski definition) is 0. The lowest BCUT2D eigenvalue weighted by Gasteiger charge is -1.95. The first-order chi connectivity index (χ1) is 4.84. The Morgan fingerprint density at radius 1 is 1.73 bits per heavy atom. The SMILES string of the molecule is CCOC(=O)c1cccs1.Cl. The molecule has 1 rings (SSSR count). The molecule has 2 nitrogen and oxygen atoms in total. The second-order valence-electron chi connectivity index (χ2n) is 1.70. The first-order valence-corrected chi connectivity index (χ1v) is 3.93. The van der Waals surface area contributed by atoms with Crippen molar-refractivity contribution in [3.05, 3.63) is 22.4 Å². The van der Waals surface area contributed by atoms with E-state index in [0.29, 0.717) is 11.5 Å². The maximum absolute atomic E-state index is 10.9. The fourth-order valence-corrected chi connectivity index (χ4v) is 1.21. The van der Waals surface area contributed by atoms with Gasteiger partial charge in [-0.3, -0.25) is 0 Å². The van der Waals surface area contributed by atoms with E-state index in [-0.39, 0.29) is 18.4 Å². The molecule has 0 aliphatic rings. The Kier molecular flexibility index (Phi) is 4.90. The van der Waals surface area contributed by atoms with Gasteiger partial charge in [-0.25, -0.2) is 4.79 Å². The van der Waals surface area contributed by atoms with Crippen LogP contribution in [0.25, 0.3) is 0 Å². The molecule has 0 atom stereocenters. The van der Waals surface area contributed by atoms with Gasteiger partial charge in [0.15, 0.2) is 0 Å². The monoisotopic (exact) mass is 192 g/mol. The van der Waals surface area contributed by atoms with Crippen molar-refractivity contribution in [2.45, 2.75) is 6.92 Å². The summed E-state index contributed by atoms with van der Waals surface area (Å²) in [5, 5.41) is 1.85. The molecule has 1 aromatic heterocycles. The second kappa shape index (κ2) is 5.16. The Balaban J connectivity index is 0.000001000. The Morgan fingerprint density at radius 3 is 2.91 bits per heavy atom. The largest absolute Gasteiger partial charge is 0.462 e. The number of ether oxygens (including phenoxy) is 1. The lowest BCUT2D eigenvalue weighted by Crippen LogP contribution is -2.01. The van der Waals surface area contributed by atoms with Crippen LogP contribution < -0.4 is 0 Å². The van der Waals surface area contributed by atoms with Crippen molar-refractivity contribution in [1.29, 1.82) is 0 Å². The maximum Gasteiger partial charge on any atom is 0.348 e. The molecule has 0 radical (unpaired) electrons. The van der Waals surface area contributed by atoms with Gasteiger partial charge in [-0.1, -0.05) is 6.07 Å². The molecule has 4 heteroatoms. The van der Waals surface area contributed by atoms with Crippen LogP contribution in [0, 0.1) is 0 Å². The molecule has 0 unspecified atom stereocenters. The van der Waals surface area contributed by atoms with E-state index in [1.807, 2.05) is 11.4 Å². The average molecular weight is 193 g/mol. The summed E-state index contributed by atoms with van der Waals surface area (Å²) in [4.78, 5) is 11.6. The fourth-order valence-electron chi connectivity index (χ4n) is 0.597. The average Bonchev–Trinajstić information content (AvgIpc) is 2.38. The number of carbonyl (C=O) groups is 1. The van der Waals surface area contributed by atoms with Gasteiger partial charge in [0.05, 0.1) is 6.61 Å². The fraction of sp³-hybridized carbons (Fsp3) is 0.286. The summed E-state index contributed by atoms with van der Waals surface area (Å²) in [5.41, 5.74) is 0. The van der Waals surface area contributed by atoms with E-state index in [4.69, 9.17) is 4.74 Å². The lowest BCUT2D eigenvalue weighted by molar-refractivity contribution is 0.0532. The van der Waals surface area contributed by atoms with Crippen molar-refractivity contribution in [3.8, 4) is 0 Å². The summed E-state index contributed by atoms with van der Waals surface area (Å²) in [6, 6.07) is 3.58. The molecule has 0 saturated carbocycles. The molecule has 11 heavy (non-hydrogen) atoms. The minimum atomic E-state index is -0.225. The lowest BCUT2D eigenvalue weighted by atomic mass is 10.5. The number of hydrogen-bond acceptors (Lipinski definition) is 3. The summed E-state index contributed by atoms with van der Waals surface area (Å²) < 4.78 is 4.76. The zero-order valence-electron chi connectivity index (χ0n) is 6.07. The van der Waals surface area contributed by atoms with Crippen molar-refractivity contribution in [1.82, 2.24) is 0 Å². The van der Waals surface area contributed by atoms with Crippen LogP contribution >= 0.6 is 23.7 Å². The van der Waals surface area contributed by atoms with Gasteiger partial charge in [-0.2, -0.15) is 0 Å². The molecule has 62 valence electrons. The van der Waals surface area contributed by atoms with Crippen molar-refractivity contribution < 1.29 is 9.53 Å². The third kappa shape index (κ3) is 2.91. The molecule has 1 aromatic rings. The third-order valence-electron chi connectivity index (χ3n) is 0.998. The number of esters is 1. The zero-order chi connectivity index (χ0) is 7.40. The molecule has 0 aliphatic heterocycles. The Labute approximate surface area is 75.6 Å². The molecule has 0 fully saturated rings.